The Balaban J connectivity index is 1.58. The van der Waals surface area contributed by atoms with Crippen molar-refractivity contribution in [2.24, 2.45) is 0 Å². The van der Waals surface area contributed by atoms with Gasteiger partial charge < -0.3 is 10.4 Å². The summed E-state index contributed by atoms with van der Waals surface area (Å²) in [5.74, 6) is -0.997. The summed E-state index contributed by atoms with van der Waals surface area (Å²) in [7, 11) is 0. The number of aliphatic carboxylic acids is 1. The van der Waals surface area contributed by atoms with Crippen molar-refractivity contribution in [1.29, 1.82) is 0 Å². The number of hydrogen-bond donors (Lipinski definition) is 2. The molecule has 1 amide bonds. The Labute approximate surface area is 152 Å². The molecule has 0 saturated heterocycles. The molecule has 0 spiro atoms. The van der Waals surface area contributed by atoms with Gasteiger partial charge in [0.2, 0.25) is 0 Å². The fourth-order valence-corrected chi connectivity index (χ4v) is 3.33. The smallest absolute Gasteiger partial charge is 0.317 e. The van der Waals surface area contributed by atoms with Gasteiger partial charge in [-0.05, 0) is 38.4 Å². The molecule has 1 saturated carbocycles. The van der Waals surface area contributed by atoms with Crippen molar-refractivity contribution >= 4 is 11.9 Å². The zero-order valence-corrected chi connectivity index (χ0v) is 15.1. The molecule has 1 aliphatic carbocycles. The minimum absolute atomic E-state index is 0.0441. The number of carboxylic acids is 1. The molecule has 0 aliphatic heterocycles. The summed E-state index contributed by atoms with van der Waals surface area (Å²) in [6.45, 7) is 4.56. The van der Waals surface area contributed by atoms with Gasteiger partial charge in [0.15, 0.2) is 5.69 Å². The fraction of sp³-hybridized carbons (Fsp3) is 0.421. The number of amides is 1. The van der Waals surface area contributed by atoms with E-state index in [1.165, 1.54) is 0 Å². The van der Waals surface area contributed by atoms with E-state index < -0.39 is 5.97 Å². The highest BCUT2D eigenvalue weighted by Crippen LogP contribution is 2.26. The number of benzene rings is 1. The van der Waals surface area contributed by atoms with E-state index in [-0.39, 0.29) is 24.5 Å². The van der Waals surface area contributed by atoms with Crippen LogP contribution in [0.4, 0.5) is 0 Å². The Hall–Kier alpha value is -2.67. The molecule has 7 heteroatoms. The minimum atomic E-state index is -0.818. The number of para-hydroxylation sites is 1. The van der Waals surface area contributed by atoms with Crippen LogP contribution in [0.15, 0.2) is 36.5 Å². The molecule has 1 aromatic heterocycles. The van der Waals surface area contributed by atoms with Crippen molar-refractivity contribution in [1.82, 2.24) is 20.0 Å². The van der Waals surface area contributed by atoms with E-state index in [1.54, 1.807) is 4.68 Å². The molecule has 2 aromatic rings. The summed E-state index contributed by atoms with van der Waals surface area (Å²) in [5.41, 5.74) is 2.16. The van der Waals surface area contributed by atoms with Crippen LogP contribution in [0.5, 0.6) is 0 Å². The van der Waals surface area contributed by atoms with Gasteiger partial charge in [0.25, 0.3) is 5.91 Å². The molecule has 138 valence electrons. The Morgan fingerprint density at radius 1 is 1.31 bits per heavy atom. The third-order valence-electron chi connectivity index (χ3n) is 4.84. The number of hydrogen-bond acceptors (Lipinski definition) is 4. The number of rotatable bonds is 7. The van der Waals surface area contributed by atoms with E-state index in [4.69, 9.17) is 5.11 Å². The van der Waals surface area contributed by atoms with E-state index in [2.05, 4.69) is 10.4 Å². The third kappa shape index (κ3) is 3.94. The molecule has 3 rings (SSSR count). The zero-order valence-electron chi connectivity index (χ0n) is 15.1. The molecule has 7 nitrogen and oxygen atoms in total. The van der Waals surface area contributed by atoms with Crippen molar-refractivity contribution < 1.29 is 14.7 Å². The topological polar surface area (TPSA) is 87.5 Å². The Bertz CT molecular complexity index is 781. The predicted octanol–water partition coefficient (Wildman–Crippen LogP) is 1.85. The second-order valence-electron chi connectivity index (χ2n) is 6.69. The predicted molar refractivity (Wildman–Crippen MR) is 97.5 cm³/mol. The number of carbonyl (C=O) groups excluding carboxylic acids is 1. The average molecular weight is 356 g/mol. The highest BCUT2D eigenvalue weighted by molar-refractivity contribution is 5.93. The van der Waals surface area contributed by atoms with Crippen LogP contribution in [0.2, 0.25) is 0 Å². The quantitative estimate of drug-likeness (QED) is 0.790. The molecule has 1 aliphatic rings. The number of aromatic nitrogens is 2. The van der Waals surface area contributed by atoms with Crippen LogP contribution in [-0.2, 0) is 4.79 Å². The standard InChI is InChI=1S/C19H24N4O3/c1-3-22(12-17(24)25)16-9-14(10-16)20-19(26)18-13(2)11-23(21-18)15-7-5-4-6-8-15/h4-8,11,14,16H,3,9-10,12H2,1-2H3,(H,20,26)(H,24,25). The summed E-state index contributed by atoms with van der Waals surface area (Å²) < 4.78 is 1.71. The van der Waals surface area contributed by atoms with Crippen LogP contribution in [0.3, 0.4) is 0 Å². The van der Waals surface area contributed by atoms with Crippen LogP contribution in [0.25, 0.3) is 5.69 Å². The normalized spacial score (nSPS) is 19.2. The van der Waals surface area contributed by atoms with Crippen molar-refractivity contribution in [2.75, 3.05) is 13.1 Å². The SMILES string of the molecule is CCN(CC(=O)O)C1CC(NC(=O)c2nn(-c3ccccc3)cc2C)C1. The molecule has 26 heavy (non-hydrogen) atoms. The molecule has 1 fully saturated rings. The molecule has 0 unspecified atom stereocenters. The Kier molecular flexibility index (Phi) is 5.37. The first-order chi connectivity index (χ1) is 12.5. The van der Waals surface area contributed by atoms with Crippen LogP contribution >= 0.6 is 0 Å². The zero-order chi connectivity index (χ0) is 18.7. The highest BCUT2D eigenvalue weighted by atomic mass is 16.4. The van der Waals surface area contributed by atoms with Gasteiger partial charge in [-0.15, -0.1) is 0 Å². The lowest BCUT2D eigenvalue weighted by Crippen LogP contribution is -2.54. The molecule has 0 radical (unpaired) electrons. The maximum Gasteiger partial charge on any atom is 0.317 e. The van der Waals surface area contributed by atoms with E-state index in [0.717, 1.165) is 24.1 Å². The van der Waals surface area contributed by atoms with Gasteiger partial charge in [-0.1, -0.05) is 25.1 Å². The number of nitrogens with one attached hydrogen (secondary N) is 1. The molecule has 1 heterocycles. The maximum absolute atomic E-state index is 12.5. The Morgan fingerprint density at radius 2 is 2.00 bits per heavy atom. The van der Waals surface area contributed by atoms with Gasteiger partial charge in [0, 0.05) is 23.8 Å². The summed E-state index contributed by atoms with van der Waals surface area (Å²) in [6.07, 6.45) is 3.39. The summed E-state index contributed by atoms with van der Waals surface area (Å²) in [4.78, 5) is 25.4. The molecule has 0 atom stereocenters. The van der Waals surface area contributed by atoms with Crippen LogP contribution in [0.1, 0.15) is 35.8 Å². The minimum Gasteiger partial charge on any atom is -0.480 e. The second kappa shape index (κ2) is 7.70. The summed E-state index contributed by atoms with van der Waals surface area (Å²) in [5, 5.41) is 16.4. The molecular formula is C19H24N4O3. The van der Waals surface area contributed by atoms with Crippen LogP contribution < -0.4 is 5.32 Å². The molecule has 1 aromatic carbocycles. The number of nitrogens with zero attached hydrogens (tertiary/aromatic N) is 3. The first kappa shape index (κ1) is 18.1. The monoisotopic (exact) mass is 356 g/mol. The van der Waals surface area contributed by atoms with E-state index in [9.17, 15) is 9.59 Å². The van der Waals surface area contributed by atoms with Gasteiger partial charge in [-0.25, -0.2) is 4.68 Å². The van der Waals surface area contributed by atoms with E-state index >= 15 is 0 Å². The van der Waals surface area contributed by atoms with Crippen molar-refractivity contribution in [2.45, 2.75) is 38.8 Å². The van der Waals surface area contributed by atoms with E-state index in [1.807, 2.05) is 55.3 Å². The first-order valence-electron chi connectivity index (χ1n) is 8.86. The summed E-state index contributed by atoms with van der Waals surface area (Å²) >= 11 is 0. The maximum atomic E-state index is 12.5. The molecular weight excluding hydrogens is 332 g/mol. The number of likely N-dealkylation sites (N-methyl/N-ethyl adjacent to an activating group) is 1. The van der Waals surface area contributed by atoms with E-state index in [0.29, 0.717) is 12.2 Å². The van der Waals surface area contributed by atoms with Crippen LogP contribution in [-0.4, -0.2) is 56.8 Å². The van der Waals surface area contributed by atoms with Crippen molar-refractivity contribution in [3.8, 4) is 5.69 Å². The van der Waals surface area contributed by atoms with Crippen LogP contribution in [0, 0.1) is 6.92 Å². The lowest BCUT2D eigenvalue weighted by Gasteiger charge is -2.42. The number of carboxylic acid groups (broad SMARTS) is 1. The van der Waals surface area contributed by atoms with Crippen molar-refractivity contribution in [3.63, 3.8) is 0 Å². The van der Waals surface area contributed by atoms with Crippen molar-refractivity contribution in [3.05, 3.63) is 47.8 Å². The first-order valence-corrected chi connectivity index (χ1v) is 8.86. The second-order valence-corrected chi connectivity index (χ2v) is 6.69. The lowest BCUT2D eigenvalue weighted by molar-refractivity contribution is -0.139. The highest BCUT2D eigenvalue weighted by Gasteiger charge is 2.35. The average Bonchev–Trinajstić information content (AvgIpc) is 2.98. The van der Waals surface area contributed by atoms with Gasteiger partial charge in [-0.3, -0.25) is 14.5 Å². The molecule has 0 bridgehead atoms. The number of aryl methyl sites for hydroxylation is 1. The lowest BCUT2D eigenvalue weighted by atomic mass is 9.85. The van der Waals surface area contributed by atoms with Gasteiger partial charge in [0.05, 0.1) is 12.2 Å². The third-order valence-corrected chi connectivity index (χ3v) is 4.84. The van der Waals surface area contributed by atoms with Gasteiger partial charge >= 0.3 is 5.97 Å². The fourth-order valence-electron chi connectivity index (χ4n) is 3.33. The van der Waals surface area contributed by atoms with Gasteiger partial charge in [-0.2, -0.15) is 5.10 Å². The molecule has 2 N–H and O–H groups in total. The number of carbonyl (C=O) groups is 2. The Morgan fingerprint density at radius 3 is 2.62 bits per heavy atom. The largest absolute Gasteiger partial charge is 0.480 e. The van der Waals surface area contributed by atoms with Gasteiger partial charge in [0.1, 0.15) is 0 Å². The summed E-state index contributed by atoms with van der Waals surface area (Å²) in [6, 6.07) is 9.94.